The lowest BCUT2D eigenvalue weighted by atomic mass is 9.85. The summed E-state index contributed by atoms with van der Waals surface area (Å²) in [5, 5.41) is 9.37. The zero-order valence-corrected chi connectivity index (χ0v) is 15.7. The molecule has 0 atom stereocenters. The Hall–Kier alpha value is -2.77. The first-order valence-corrected chi connectivity index (χ1v) is 9.95. The fraction of sp³-hybridized carbons (Fsp3) is 0.500. The van der Waals surface area contributed by atoms with E-state index in [1.54, 1.807) is 0 Å². The maximum Gasteiger partial charge on any atom is 0.229 e. The van der Waals surface area contributed by atoms with Crippen LogP contribution in [0.3, 0.4) is 0 Å². The van der Waals surface area contributed by atoms with Gasteiger partial charge in [0.2, 0.25) is 11.9 Å². The molecule has 0 radical (unpaired) electrons. The molecule has 0 aromatic carbocycles. The number of carbonyl (C=O) groups excluding carboxylic acids is 1. The van der Waals surface area contributed by atoms with E-state index in [9.17, 15) is 9.18 Å². The second-order valence-corrected chi connectivity index (χ2v) is 7.49. The Morgan fingerprint density at radius 2 is 2.00 bits per heavy atom. The fourth-order valence-electron chi connectivity index (χ4n) is 3.22. The predicted molar refractivity (Wildman–Crippen MR) is 105 cm³/mol. The largest absolute Gasteiger partial charge is 0.370 e. The Labute approximate surface area is 163 Å². The monoisotopic (exact) mass is 384 g/mol. The van der Waals surface area contributed by atoms with Gasteiger partial charge in [-0.25, -0.2) is 9.37 Å². The molecule has 2 fully saturated rings. The molecule has 1 amide bonds. The summed E-state index contributed by atoms with van der Waals surface area (Å²) in [4.78, 5) is 24.6. The molecule has 28 heavy (non-hydrogen) atoms. The van der Waals surface area contributed by atoms with E-state index in [1.165, 1.54) is 18.7 Å². The zero-order valence-electron chi connectivity index (χ0n) is 15.7. The smallest absolute Gasteiger partial charge is 0.229 e. The molecule has 4 rings (SSSR count). The maximum atomic E-state index is 13.3. The highest BCUT2D eigenvalue weighted by Crippen LogP contribution is 2.42. The topological polar surface area (TPSA) is 91.8 Å². The van der Waals surface area contributed by atoms with E-state index in [0.29, 0.717) is 30.6 Å². The minimum Gasteiger partial charge on any atom is -0.370 e. The van der Waals surface area contributed by atoms with Crippen LogP contribution in [0.2, 0.25) is 0 Å². The van der Waals surface area contributed by atoms with Crippen LogP contribution in [0.15, 0.2) is 24.7 Å². The number of nitrogens with one attached hydrogen (secondary N) is 3. The lowest BCUT2D eigenvalue weighted by Crippen LogP contribution is -2.35. The van der Waals surface area contributed by atoms with Crippen molar-refractivity contribution in [3.05, 3.63) is 36.0 Å². The van der Waals surface area contributed by atoms with Crippen molar-refractivity contribution in [1.82, 2.24) is 20.3 Å². The van der Waals surface area contributed by atoms with Gasteiger partial charge in [-0.15, -0.1) is 0 Å². The minimum atomic E-state index is -0.415. The molecule has 2 aliphatic rings. The normalized spacial score (nSPS) is 16.3. The number of anilines is 3. The molecule has 2 aliphatic carbocycles. The summed E-state index contributed by atoms with van der Waals surface area (Å²) in [6.07, 6.45) is 10.8. The molecule has 0 aliphatic heterocycles. The summed E-state index contributed by atoms with van der Waals surface area (Å²) in [5.74, 6) is 1.70. The summed E-state index contributed by atoms with van der Waals surface area (Å²) in [6, 6.07) is 1.35. The number of carbonyl (C=O) groups is 1. The van der Waals surface area contributed by atoms with Crippen molar-refractivity contribution in [2.75, 3.05) is 23.7 Å². The van der Waals surface area contributed by atoms with Gasteiger partial charge < -0.3 is 16.0 Å². The Kier molecular flexibility index (Phi) is 5.64. The number of nitrogens with zero attached hydrogens (tertiary/aromatic N) is 3. The average Bonchev–Trinajstić information content (AvgIpc) is 3.45. The van der Waals surface area contributed by atoms with Crippen molar-refractivity contribution in [3.63, 3.8) is 0 Å². The van der Waals surface area contributed by atoms with Gasteiger partial charge in [0.25, 0.3) is 0 Å². The van der Waals surface area contributed by atoms with Crippen LogP contribution in [0.25, 0.3) is 0 Å². The Morgan fingerprint density at radius 3 is 2.71 bits per heavy atom. The highest BCUT2D eigenvalue weighted by molar-refractivity contribution is 5.79. The number of amides is 1. The number of hydrogen-bond acceptors (Lipinski definition) is 6. The van der Waals surface area contributed by atoms with E-state index in [2.05, 4.69) is 30.9 Å². The van der Waals surface area contributed by atoms with E-state index in [-0.39, 0.29) is 11.8 Å². The standard InChI is InChI=1S/C20H25FN6O/c21-15-9-16(11-22-10-15)26-20-25-12-17(13-5-6-13)18(27-20)23-7-2-8-24-19(28)14-3-1-4-14/h9-14H,1-8H2,(H,24,28)(H2,23,25,26,27). The molecule has 2 aromatic rings. The van der Waals surface area contributed by atoms with Gasteiger partial charge in [-0.3, -0.25) is 9.78 Å². The lowest BCUT2D eigenvalue weighted by Gasteiger charge is -2.24. The van der Waals surface area contributed by atoms with Crippen LogP contribution >= 0.6 is 0 Å². The van der Waals surface area contributed by atoms with Gasteiger partial charge in [0, 0.05) is 36.8 Å². The molecule has 0 spiro atoms. The van der Waals surface area contributed by atoms with Gasteiger partial charge in [-0.1, -0.05) is 6.42 Å². The molecule has 8 heteroatoms. The Bertz CT molecular complexity index is 837. The molecule has 3 N–H and O–H groups in total. The second-order valence-electron chi connectivity index (χ2n) is 7.49. The van der Waals surface area contributed by atoms with Crippen molar-refractivity contribution in [1.29, 1.82) is 0 Å². The van der Waals surface area contributed by atoms with Crippen molar-refractivity contribution in [2.45, 2.75) is 44.4 Å². The van der Waals surface area contributed by atoms with E-state index in [1.807, 2.05) is 6.20 Å². The number of halogens is 1. The molecule has 0 bridgehead atoms. The third kappa shape index (κ3) is 4.74. The highest BCUT2D eigenvalue weighted by atomic mass is 19.1. The van der Waals surface area contributed by atoms with Crippen LogP contribution in [-0.2, 0) is 4.79 Å². The van der Waals surface area contributed by atoms with E-state index in [4.69, 9.17) is 0 Å². The summed E-state index contributed by atoms with van der Waals surface area (Å²) in [6.45, 7) is 1.37. The van der Waals surface area contributed by atoms with Gasteiger partial charge in [0.05, 0.1) is 18.1 Å². The zero-order chi connectivity index (χ0) is 19.3. The second kappa shape index (κ2) is 8.50. The van der Waals surface area contributed by atoms with E-state index in [0.717, 1.165) is 49.7 Å². The first-order chi connectivity index (χ1) is 13.7. The lowest BCUT2D eigenvalue weighted by molar-refractivity contribution is -0.127. The van der Waals surface area contributed by atoms with Crippen LogP contribution in [0, 0.1) is 11.7 Å². The number of hydrogen-bond donors (Lipinski definition) is 3. The van der Waals surface area contributed by atoms with Crippen LogP contribution < -0.4 is 16.0 Å². The number of rotatable bonds is 9. The Balaban J connectivity index is 1.32. The van der Waals surface area contributed by atoms with Crippen molar-refractivity contribution in [2.24, 2.45) is 5.92 Å². The van der Waals surface area contributed by atoms with Crippen molar-refractivity contribution in [3.8, 4) is 0 Å². The number of pyridine rings is 1. The van der Waals surface area contributed by atoms with Crippen molar-refractivity contribution < 1.29 is 9.18 Å². The molecule has 7 nitrogen and oxygen atoms in total. The van der Waals surface area contributed by atoms with E-state index < -0.39 is 5.82 Å². The summed E-state index contributed by atoms with van der Waals surface area (Å²) >= 11 is 0. The van der Waals surface area contributed by atoms with Crippen LogP contribution in [0.5, 0.6) is 0 Å². The molecule has 2 saturated carbocycles. The summed E-state index contributed by atoms with van der Waals surface area (Å²) in [7, 11) is 0. The van der Waals surface area contributed by atoms with E-state index >= 15 is 0 Å². The first-order valence-electron chi connectivity index (χ1n) is 9.95. The summed E-state index contributed by atoms with van der Waals surface area (Å²) in [5.41, 5.74) is 1.62. The molecule has 0 unspecified atom stereocenters. The van der Waals surface area contributed by atoms with Crippen LogP contribution in [0.4, 0.5) is 21.8 Å². The maximum absolute atomic E-state index is 13.3. The number of aromatic nitrogens is 3. The van der Waals surface area contributed by atoms with Gasteiger partial charge in [0.15, 0.2) is 0 Å². The third-order valence-electron chi connectivity index (χ3n) is 5.22. The molecule has 2 aromatic heterocycles. The fourth-order valence-corrected chi connectivity index (χ4v) is 3.22. The van der Waals surface area contributed by atoms with Gasteiger partial charge in [0.1, 0.15) is 11.6 Å². The van der Waals surface area contributed by atoms with Crippen LogP contribution in [-0.4, -0.2) is 33.9 Å². The van der Waals surface area contributed by atoms with Gasteiger partial charge in [-0.2, -0.15) is 4.98 Å². The van der Waals surface area contributed by atoms with Gasteiger partial charge >= 0.3 is 0 Å². The average molecular weight is 384 g/mol. The Morgan fingerprint density at radius 1 is 1.14 bits per heavy atom. The molecule has 148 valence electrons. The third-order valence-corrected chi connectivity index (χ3v) is 5.22. The SMILES string of the molecule is O=C(NCCCNc1nc(Nc2cncc(F)c2)ncc1C1CC1)C1CCC1. The predicted octanol–water partition coefficient (Wildman–Crippen LogP) is 3.35. The van der Waals surface area contributed by atoms with Crippen molar-refractivity contribution >= 4 is 23.4 Å². The molecule has 2 heterocycles. The molecular weight excluding hydrogens is 359 g/mol. The summed E-state index contributed by atoms with van der Waals surface area (Å²) < 4.78 is 13.3. The molecule has 0 saturated heterocycles. The molecular formula is C20H25FN6O. The van der Waals surface area contributed by atoms with Crippen LogP contribution in [0.1, 0.15) is 50.0 Å². The minimum absolute atomic E-state index is 0.183. The highest BCUT2D eigenvalue weighted by Gasteiger charge is 2.28. The quantitative estimate of drug-likeness (QED) is 0.574. The first kappa shape index (κ1) is 18.6. The van der Waals surface area contributed by atoms with Gasteiger partial charge in [-0.05, 0) is 38.0 Å².